The predicted octanol–water partition coefficient (Wildman–Crippen LogP) is 2.17. The summed E-state index contributed by atoms with van der Waals surface area (Å²) in [6, 6.07) is 6.05. The molecule has 0 aromatic carbocycles. The molecule has 1 unspecified atom stereocenters. The summed E-state index contributed by atoms with van der Waals surface area (Å²) in [5, 5.41) is 4.71. The number of pyridine rings is 1. The molecule has 94 valence electrons. The number of hydrogen-bond acceptors (Lipinski definition) is 3. The Balaban J connectivity index is 2.17. The molecule has 4 heteroatoms. The molecule has 1 aliphatic rings. The van der Waals surface area contributed by atoms with Crippen LogP contribution in [-0.4, -0.2) is 14.8 Å². The zero-order valence-corrected chi connectivity index (χ0v) is 10.6. The van der Waals surface area contributed by atoms with Crippen molar-refractivity contribution in [2.24, 2.45) is 5.73 Å². The van der Waals surface area contributed by atoms with Crippen LogP contribution in [0, 0.1) is 0 Å². The quantitative estimate of drug-likeness (QED) is 0.878. The van der Waals surface area contributed by atoms with Crippen molar-refractivity contribution in [2.45, 2.75) is 38.6 Å². The van der Waals surface area contributed by atoms with Crippen LogP contribution in [0.3, 0.4) is 0 Å². The molecule has 2 N–H and O–H groups in total. The third kappa shape index (κ3) is 1.73. The van der Waals surface area contributed by atoms with Gasteiger partial charge in [-0.25, -0.2) is 9.67 Å². The minimum atomic E-state index is 0.140. The number of hydrogen-bond donors (Lipinski definition) is 1. The Morgan fingerprint density at radius 3 is 3.06 bits per heavy atom. The van der Waals surface area contributed by atoms with Gasteiger partial charge in [0.1, 0.15) is 0 Å². The van der Waals surface area contributed by atoms with Crippen LogP contribution >= 0.6 is 0 Å². The lowest BCUT2D eigenvalue weighted by Crippen LogP contribution is -2.19. The molecular formula is C14H18N4. The predicted molar refractivity (Wildman–Crippen MR) is 70.6 cm³/mol. The van der Waals surface area contributed by atoms with Gasteiger partial charge in [0.2, 0.25) is 0 Å². The average molecular weight is 242 g/mol. The highest BCUT2D eigenvalue weighted by molar-refractivity contribution is 5.37. The number of aryl methyl sites for hydroxylation is 1. The Morgan fingerprint density at radius 2 is 2.33 bits per heavy atom. The first-order valence-electron chi connectivity index (χ1n) is 6.59. The van der Waals surface area contributed by atoms with Crippen molar-refractivity contribution < 1.29 is 0 Å². The van der Waals surface area contributed by atoms with E-state index in [0.29, 0.717) is 0 Å². The van der Waals surface area contributed by atoms with Crippen molar-refractivity contribution in [3.05, 3.63) is 41.3 Å². The maximum atomic E-state index is 6.24. The van der Waals surface area contributed by atoms with Crippen molar-refractivity contribution in [3.8, 4) is 5.82 Å². The molecule has 2 aromatic rings. The van der Waals surface area contributed by atoms with E-state index in [4.69, 9.17) is 10.8 Å². The van der Waals surface area contributed by atoms with Crippen LogP contribution in [0.25, 0.3) is 5.82 Å². The molecule has 18 heavy (non-hydrogen) atoms. The van der Waals surface area contributed by atoms with Gasteiger partial charge in [-0.05, 0) is 37.8 Å². The van der Waals surface area contributed by atoms with Crippen molar-refractivity contribution >= 4 is 0 Å². The molecule has 1 atom stereocenters. The van der Waals surface area contributed by atoms with Crippen LogP contribution in [0.15, 0.2) is 24.4 Å². The molecular weight excluding hydrogens is 224 g/mol. The van der Waals surface area contributed by atoms with Gasteiger partial charge in [-0.1, -0.05) is 13.0 Å². The van der Waals surface area contributed by atoms with Crippen LogP contribution in [0.4, 0.5) is 0 Å². The molecule has 0 radical (unpaired) electrons. The van der Waals surface area contributed by atoms with E-state index in [1.165, 1.54) is 11.3 Å². The first-order chi connectivity index (χ1) is 8.81. The van der Waals surface area contributed by atoms with Crippen molar-refractivity contribution in [2.75, 3.05) is 0 Å². The van der Waals surface area contributed by atoms with Gasteiger partial charge in [-0.2, -0.15) is 5.10 Å². The van der Waals surface area contributed by atoms with E-state index in [9.17, 15) is 0 Å². The summed E-state index contributed by atoms with van der Waals surface area (Å²) in [5.74, 6) is 0.891. The summed E-state index contributed by atoms with van der Waals surface area (Å²) in [6.45, 7) is 2.13. The summed E-state index contributed by atoms with van der Waals surface area (Å²) < 4.78 is 1.98. The summed E-state index contributed by atoms with van der Waals surface area (Å²) in [6.07, 6.45) is 5.98. The molecule has 0 saturated carbocycles. The summed E-state index contributed by atoms with van der Waals surface area (Å²) in [7, 11) is 0. The van der Waals surface area contributed by atoms with E-state index in [-0.39, 0.29) is 6.04 Å². The standard InChI is InChI=1S/C14H18N4/c1-2-11-14-10(15)6-5-7-12(14)18(17-11)13-8-3-4-9-16-13/h3-4,8-10H,2,5-7,15H2,1H3. The number of aromatic nitrogens is 3. The molecule has 3 rings (SSSR count). The molecule has 0 fully saturated rings. The maximum Gasteiger partial charge on any atom is 0.153 e. The fourth-order valence-corrected chi connectivity index (χ4v) is 2.75. The normalized spacial score (nSPS) is 18.7. The first kappa shape index (κ1) is 11.4. The lowest BCUT2D eigenvalue weighted by molar-refractivity contribution is 0.555. The van der Waals surface area contributed by atoms with E-state index < -0.39 is 0 Å². The molecule has 0 aliphatic heterocycles. The Bertz CT molecular complexity index is 544. The van der Waals surface area contributed by atoms with Crippen LogP contribution in [0.2, 0.25) is 0 Å². The minimum absolute atomic E-state index is 0.140. The van der Waals surface area contributed by atoms with Crippen LogP contribution in [0.1, 0.15) is 42.8 Å². The zero-order chi connectivity index (χ0) is 12.5. The largest absolute Gasteiger partial charge is 0.324 e. The third-order valence-corrected chi connectivity index (χ3v) is 3.60. The van der Waals surface area contributed by atoms with Gasteiger partial charge in [-0.3, -0.25) is 0 Å². The molecule has 2 heterocycles. The van der Waals surface area contributed by atoms with Gasteiger partial charge >= 0.3 is 0 Å². The highest BCUT2D eigenvalue weighted by Crippen LogP contribution is 2.32. The van der Waals surface area contributed by atoms with Crippen molar-refractivity contribution in [1.82, 2.24) is 14.8 Å². The van der Waals surface area contributed by atoms with Gasteiger partial charge in [-0.15, -0.1) is 0 Å². The first-order valence-corrected chi connectivity index (χ1v) is 6.59. The molecule has 0 spiro atoms. The second-order valence-corrected chi connectivity index (χ2v) is 4.76. The van der Waals surface area contributed by atoms with E-state index in [1.54, 1.807) is 6.20 Å². The highest BCUT2D eigenvalue weighted by Gasteiger charge is 2.26. The Hall–Kier alpha value is -1.68. The average Bonchev–Trinajstić information content (AvgIpc) is 2.80. The molecule has 2 aromatic heterocycles. The van der Waals surface area contributed by atoms with Crippen molar-refractivity contribution in [1.29, 1.82) is 0 Å². The molecule has 0 saturated heterocycles. The molecule has 0 amide bonds. The van der Waals surface area contributed by atoms with E-state index >= 15 is 0 Å². The monoisotopic (exact) mass is 242 g/mol. The van der Waals surface area contributed by atoms with E-state index in [1.807, 2.05) is 22.9 Å². The second-order valence-electron chi connectivity index (χ2n) is 4.76. The number of rotatable bonds is 2. The van der Waals surface area contributed by atoms with E-state index in [2.05, 4.69) is 11.9 Å². The Morgan fingerprint density at radius 1 is 1.44 bits per heavy atom. The highest BCUT2D eigenvalue weighted by atomic mass is 15.3. The molecule has 4 nitrogen and oxygen atoms in total. The lowest BCUT2D eigenvalue weighted by atomic mass is 9.91. The SMILES string of the molecule is CCc1nn(-c2ccccn2)c2c1C(N)CCC2. The van der Waals surface area contributed by atoms with E-state index in [0.717, 1.165) is 37.2 Å². The summed E-state index contributed by atoms with van der Waals surface area (Å²) in [5.41, 5.74) is 9.88. The van der Waals surface area contributed by atoms with Gasteiger partial charge < -0.3 is 5.73 Å². The minimum Gasteiger partial charge on any atom is -0.324 e. The maximum absolute atomic E-state index is 6.24. The van der Waals surface area contributed by atoms with Crippen molar-refractivity contribution in [3.63, 3.8) is 0 Å². The lowest BCUT2D eigenvalue weighted by Gasteiger charge is -2.20. The topological polar surface area (TPSA) is 56.7 Å². The van der Waals surface area contributed by atoms with Gasteiger partial charge in [0.05, 0.1) is 11.4 Å². The number of fused-ring (bicyclic) bond motifs is 1. The van der Waals surface area contributed by atoms with Gasteiger partial charge in [0.15, 0.2) is 5.82 Å². The van der Waals surface area contributed by atoms with Crippen LogP contribution in [-0.2, 0) is 12.8 Å². The summed E-state index contributed by atoms with van der Waals surface area (Å²) in [4.78, 5) is 4.39. The molecule has 1 aliphatic carbocycles. The Labute approximate surface area is 107 Å². The van der Waals surface area contributed by atoms with Crippen LogP contribution < -0.4 is 5.73 Å². The second kappa shape index (κ2) is 4.53. The molecule has 0 bridgehead atoms. The fraction of sp³-hybridized carbons (Fsp3) is 0.429. The third-order valence-electron chi connectivity index (χ3n) is 3.60. The zero-order valence-electron chi connectivity index (χ0n) is 10.6. The van der Waals surface area contributed by atoms with Gasteiger partial charge in [0, 0.05) is 17.8 Å². The number of nitrogens with zero attached hydrogens (tertiary/aromatic N) is 3. The number of nitrogens with two attached hydrogens (primary N) is 1. The van der Waals surface area contributed by atoms with Gasteiger partial charge in [0.25, 0.3) is 0 Å². The Kier molecular flexibility index (Phi) is 2.88. The smallest absolute Gasteiger partial charge is 0.153 e. The summed E-state index contributed by atoms with van der Waals surface area (Å²) >= 11 is 0. The van der Waals surface area contributed by atoms with Crippen LogP contribution in [0.5, 0.6) is 0 Å². The fourth-order valence-electron chi connectivity index (χ4n) is 2.75.